The van der Waals surface area contributed by atoms with Crippen LogP contribution in [-0.2, 0) is 0 Å². The highest BCUT2D eigenvalue weighted by molar-refractivity contribution is 5.09. The van der Waals surface area contributed by atoms with E-state index >= 15 is 0 Å². The lowest BCUT2D eigenvalue weighted by Gasteiger charge is -2.16. The maximum atomic E-state index is 5.51. The van der Waals surface area contributed by atoms with Gasteiger partial charge in [-0.15, -0.1) is 12.3 Å². The van der Waals surface area contributed by atoms with Gasteiger partial charge in [-0.25, -0.2) is 0 Å². The molecule has 0 saturated heterocycles. The first-order chi connectivity index (χ1) is 6.63. The highest BCUT2D eigenvalue weighted by Crippen LogP contribution is 2.16. The highest BCUT2D eigenvalue weighted by Gasteiger charge is 2.11. The maximum absolute atomic E-state index is 5.51. The van der Waals surface area contributed by atoms with Crippen molar-refractivity contribution in [2.75, 3.05) is 0 Å². The van der Waals surface area contributed by atoms with Crippen LogP contribution >= 0.6 is 0 Å². The maximum Gasteiger partial charge on any atom is 0.120 e. The minimum atomic E-state index is 0.215. The van der Waals surface area contributed by atoms with Crippen molar-refractivity contribution in [2.24, 2.45) is 0 Å². The molecule has 2 heteroatoms. The van der Waals surface area contributed by atoms with Gasteiger partial charge in [-0.1, -0.05) is 0 Å². The van der Waals surface area contributed by atoms with Crippen LogP contribution in [0.4, 0.5) is 0 Å². The van der Waals surface area contributed by atoms with Gasteiger partial charge in [0.15, 0.2) is 0 Å². The molecule has 0 bridgehead atoms. The normalized spacial score (nSPS) is 14.7. The number of hydrogen-bond donors (Lipinski definition) is 1. The summed E-state index contributed by atoms with van der Waals surface area (Å²) in [6.07, 6.45) is 5.97. The van der Waals surface area contributed by atoms with Crippen molar-refractivity contribution in [3.8, 4) is 12.3 Å². The zero-order chi connectivity index (χ0) is 10.6. The van der Waals surface area contributed by atoms with Crippen molar-refractivity contribution < 1.29 is 4.42 Å². The van der Waals surface area contributed by atoms with Gasteiger partial charge in [0.05, 0.1) is 6.04 Å². The van der Waals surface area contributed by atoms with Crippen LogP contribution in [0, 0.1) is 19.3 Å². The molecule has 0 fully saturated rings. The van der Waals surface area contributed by atoms with Gasteiger partial charge in [-0.2, -0.15) is 0 Å². The summed E-state index contributed by atoms with van der Waals surface area (Å²) in [4.78, 5) is 0. The molecule has 1 N–H and O–H groups in total. The van der Waals surface area contributed by atoms with Crippen molar-refractivity contribution in [3.63, 3.8) is 0 Å². The Hall–Kier alpha value is -1.20. The first kappa shape index (κ1) is 10.9. The van der Waals surface area contributed by atoms with Gasteiger partial charge in [0.25, 0.3) is 0 Å². The van der Waals surface area contributed by atoms with E-state index in [0.717, 1.165) is 17.9 Å². The van der Waals surface area contributed by atoms with Gasteiger partial charge in [0.1, 0.15) is 11.5 Å². The van der Waals surface area contributed by atoms with Crippen LogP contribution in [0.3, 0.4) is 0 Å². The van der Waals surface area contributed by atoms with Crippen LogP contribution in [0.25, 0.3) is 0 Å². The Bertz CT molecular complexity index is 321. The van der Waals surface area contributed by atoms with Crippen molar-refractivity contribution in [3.05, 3.63) is 23.7 Å². The van der Waals surface area contributed by atoms with E-state index in [0.29, 0.717) is 6.04 Å². The fourth-order valence-corrected chi connectivity index (χ4v) is 1.43. The monoisotopic (exact) mass is 191 g/mol. The summed E-state index contributed by atoms with van der Waals surface area (Å²) < 4.78 is 5.51. The third kappa shape index (κ3) is 2.93. The average molecular weight is 191 g/mol. The predicted octanol–water partition coefficient (Wildman–Crippen LogP) is 2.65. The van der Waals surface area contributed by atoms with Crippen molar-refractivity contribution in [2.45, 2.75) is 39.3 Å². The van der Waals surface area contributed by atoms with Gasteiger partial charge in [0, 0.05) is 12.5 Å². The first-order valence-electron chi connectivity index (χ1n) is 4.89. The zero-order valence-electron chi connectivity index (χ0n) is 9.00. The molecule has 0 radical (unpaired) electrons. The van der Waals surface area contributed by atoms with E-state index < -0.39 is 0 Å². The fraction of sp³-hybridized carbons (Fsp3) is 0.500. The van der Waals surface area contributed by atoms with Crippen molar-refractivity contribution >= 4 is 0 Å². The van der Waals surface area contributed by atoms with E-state index in [9.17, 15) is 0 Å². The van der Waals surface area contributed by atoms with E-state index in [4.69, 9.17) is 10.8 Å². The fourth-order valence-electron chi connectivity index (χ4n) is 1.43. The van der Waals surface area contributed by atoms with Crippen molar-refractivity contribution in [1.29, 1.82) is 0 Å². The summed E-state index contributed by atoms with van der Waals surface area (Å²) in [6, 6.07) is 4.50. The van der Waals surface area contributed by atoms with Crippen LogP contribution < -0.4 is 5.32 Å². The standard InChI is InChI=1S/C12H17NO/c1-5-6-9(2)13-11(4)12-8-7-10(3)14-12/h1,7-9,11,13H,6H2,2-4H3. The Kier molecular flexibility index (Phi) is 3.79. The summed E-state index contributed by atoms with van der Waals surface area (Å²) >= 11 is 0. The minimum absolute atomic E-state index is 0.215. The van der Waals surface area contributed by atoms with Crippen LogP contribution in [0.15, 0.2) is 16.5 Å². The molecule has 0 aliphatic heterocycles. The molecule has 1 aromatic heterocycles. The number of hydrogen-bond acceptors (Lipinski definition) is 2. The van der Waals surface area contributed by atoms with Gasteiger partial charge in [-0.05, 0) is 32.9 Å². The quantitative estimate of drug-likeness (QED) is 0.740. The largest absolute Gasteiger partial charge is 0.465 e. The second-order valence-electron chi connectivity index (χ2n) is 3.65. The molecule has 2 atom stereocenters. The topological polar surface area (TPSA) is 25.2 Å². The van der Waals surface area contributed by atoms with Crippen LogP contribution in [0.5, 0.6) is 0 Å². The molecule has 0 aliphatic rings. The number of aryl methyl sites for hydroxylation is 1. The lowest BCUT2D eigenvalue weighted by molar-refractivity contribution is 0.390. The molecule has 1 heterocycles. The van der Waals surface area contributed by atoms with E-state index in [1.165, 1.54) is 0 Å². The Labute approximate surface area is 85.7 Å². The molecular weight excluding hydrogens is 174 g/mol. The Morgan fingerprint density at radius 2 is 2.21 bits per heavy atom. The number of nitrogens with one attached hydrogen (secondary N) is 1. The second-order valence-corrected chi connectivity index (χ2v) is 3.65. The Morgan fingerprint density at radius 1 is 1.50 bits per heavy atom. The lowest BCUT2D eigenvalue weighted by Crippen LogP contribution is -2.28. The lowest BCUT2D eigenvalue weighted by atomic mass is 10.2. The van der Waals surface area contributed by atoms with Gasteiger partial charge < -0.3 is 9.73 Å². The molecule has 2 unspecified atom stereocenters. The molecule has 14 heavy (non-hydrogen) atoms. The molecule has 0 spiro atoms. The summed E-state index contributed by atoms with van der Waals surface area (Å²) in [7, 11) is 0. The molecule has 1 rings (SSSR count). The summed E-state index contributed by atoms with van der Waals surface area (Å²) in [6.45, 7) is 6.10. The molecule has 0 aromatic carbocycles. The SMILES string of the molecule is C#CCC(C)NC(C)c1ccc(C)o1. The van der Waals surface area contributed by atoms with Gasteiger partial charge in [-0.3, -0.25) is 0 Å². The number of furan rings is 1. The number of rotatable bonds is 4. The zero-order valence-corrected chi connectivity index (χ0v) is 9.00. The van der Waals surface area contributed by atoms with Crippen molar-refractivity contribution in [1.82, 2.24) is 5.32 Å². The third-order valence-electron chi connectivity index (χ3n) is 2.15. The third-order valence-corrected chi connectivity index (χ3v) is 2.15. The van der Waals surface area contributed by atoms with E-state index in [1.54, 1.807) is 0 Å². The summed E-state index contributed by atoms with van der Waals surface area (Å²) in [5, 5.41) is 3.37. The molecule has 0 amide bonds. The van der Waals surface area contributed by atoms with Crippen LogP contribution in [0.2, 0.25) is 0 Å². The molecule has 0 saturated carbocycles. The molecule has 1 aromatic rings. The first-order valence-corrected chi connectivity index (χ1v) is 4.89. The summed E-state index contributed by atoms with van der Waals surface area (Å²) in [5.41, 5.74) is 0. The van der Waals surface area contributed by atoms with Crippen LogP contribution in [-0.4, -0.2) is 6.04 Å². The predicted molar refractivity (Wildman–Crippen MR) is 57.9 cm³/mol. The van der Waals surface area contributed by atoms with E-state index in [-0.39, 0.29) is 6.04 Å². The Balaban J connectivity index is 2.50. The molecule has 76 valence electrons. The molecule has 0 aliphatic carbocycles. The van der Waals surface area contributed by atoms with E-state index in [2.05, 4.69) is 25.1 Å². The molecule has 2 nitrogen and oxygen atoms in total. The highest BCUT2D eigenvalue weighted by atomic mass is 16.3. The van der Waals surface area contributed by atoms with E-state index in [1.807, 2.05) is 19.1 Å². The smallest absolute Gasteiger partial charge is 0.120 e. The second kappa shape index (κ2) is 4.88. The van der Waals surface area contributed by atoms with Gasteiger partial charge in [0.2, 0.25) is 0 Å². The summed E-state index contributed by atoms with van der Waals surface area (Å²) in [5.74, 6) is 4.54. The number of terminal acetylenes is 1. The molecular formula is C12H17NO. The minimum Gasteiger partial charge on any atom is -0.465 e. The average Bonchev–Trinajstić information content (AvgIpc) is 2.52. The van der Waals surface area contributed by atoms with Gasteiger partial charge >= 0.3 is 0 Å². The Morgan fingerprint density at radius 3 is 2.71 bits per heavy atom. The van der Waals surface area contributed by atoms with Crippen LogP contribution in [0.1, 0.15) is 37.8 Å².